The number of rotatable bonds is 6. The summed E-state index contributed by atoms with van der Waals surface area (Å²) in [6.07, 6.45) is 5.86. The number of hydrogen-bond donors (Lipinski definition) is 1. The van der Waals surface area contributed by atoms with Crippen LogP contribution in [0.3, 0.4) is 0 Å². The van der Waals surface area contributed by atoms with Crippen molar-refractivity contribution >= 4 is 5.82 Å². The van der Waals surface area contributed by atoms with E-state index in [1.165, 1.54) is 25.1 Å². The van der Waals surface area contributed by atoms with Gasteiger partial charge in [-0.05, 0) is 31.6 Å². The predicted octanol–water partition coefficient (Wildman–Crippen LogP) is 3.14. The van der Waals surface area contributed by atoms with Crippen LogP contribution in [0.15, 0.2) is 12.3 Å². The molecule has 1 aromatic rings. The van der Waals surface area contributed by atoms with Crippen LogP contribution in [0.5, 0.6) is 0 Å². The molecule has 2 rings (SSSR count). The molecule has 90 valence electrons. The lowest BCUT2D eigenvalue weighted by Crippen LogP contribution is -2.25. The molecule has 1 aromatic heterocycles. The van der Waals surface area contributed by atoms with Gasteiger partial charge in [-0.3, -0.25) is 0 Å². The SMILES string of the molecule is CCC(C)C(C)Nc1ccnn1CC1CC1. The highest BCUT2D eigenvalue weighted by atomic mass is 15.3. The number of nitrogens with one attached hydrogen (secondary N) is 1. The Kier molecular flexibility index (Phi) is 3.52. The molecule has 0 saturated heterocycles. The van der Waals surface area contributed by atoms with Crippen LogP contribution < -0.4 is 5.32 Å². The molecule has 1 saturated carbocycles. The van der Waals surface area contributed by atoms with Gasteiger partial charge in [0.25, 0.3) is 0 Å². The van der Waals surface area contributed by atoms with Crippen LogP contribution in [-0.4, -0.2) is 15.8 Å². The van der Waals surface area contributed by atoms with Gasteiger partial charge in [0.15, 0.2) is 0 Å². The molecule has 1 aliphatic rings. The van der Waals surface area contributed by atoms with Gasteiger partial charge in [-0.2, -0.15) is 5.10 Å². The Labute approximate surface area is 98.2 Å². The van der Waals surface area contributed by atoms with E-state index in [-0.39, 0.29) is 0 Å². The third kappa shape index (κ3) is 2.77. The summed E-state index contributed by atoms with van der Waals surface area (Å²) in [7, 11) is 0. The van der Waals surface area contributed by atoms with Gasteiger partial charge in [-0.15, -0.1) is 0 Å². The number of nitrogens with zero attached hydrogens (tertiary/aromatic N) is 2. The van der Waals surface area contributed by atoms with Gasteiger partial charge in [0.2, 0.25) is 0 Å². The van der Waals surface area contributed by atoms with Crippen molar-refractivity contribution in [1.29, 1.82) is 0 Å². The molecule has 2 atom stereocenters. The average molecular weight is 221 g/mol. The van der Waals surface area contributed by atoms with E-state index in [1.54, 1.807) is 0 Å². The molecule has 16 heavy (non-hydrogen) atoms. The second-order valence-electron chi connectivity index (χ2n) is 5.16. The van der Waals surface area contributed by atoms with Gasteiger partial charge in [0, 0.05) is 18.7 Å². The van der Waals surface area contributed by atoms with Crippen molar-refractivity contribution in [2.24, 2.45) is 11.8 Å². The lowest BCUT2D eigenvalue weighted by molar-refractivity contribution is 0.485. The lowest BCUT2D eigenvalue weighted by atomic mass is 10.0. The fourth-order valence-corrected chi connectivity index (χ4v) is 1.87. The first-order valence-corrected chi connectivity index (χ1v) is 6.49. The molecule has 0 aromatic carbocycles. The molecule has 0 spiro atoms. The molecule has 1 aliphatic carbocycles. The van der Waals surface area contributed by atoms with E-state index in [4.69, 9.17) is 0 Å². The zero-order chi connectivity index (χ0) is 11.5. The van der Waals surface area contributed by atoms with Crippen LogP contribution in [-0.2, 0) is 6.54 Å². The van der Waals surface area contributed by atoms with Crippen molar-refractivity contribution < 1.29 is 0 Å². The zero-order valence-electron chi connectivity index (χ0n) is 10.6. The summed E-state index contributed by atoms with van der Waals surface area (Å²) in [4.78, 5) is 0. The number of aromatic nitrogens is 2. The minimum absolute atomic E-state index is 0.514. The Balaban J connectivity index is 1.94. The van der Waals surface area contributed by atoms with Crippen molar-refractivity contribution in [3.63, 3.8) is 0 Å². The number of anilines is 1. The lowest BCUT2D eigenvalue weighted by Gasteiger charge is -2.21. The maximum absolute atomic E-state index is 4.39. The van der Waals surface area contributed by atoms with E-state index >= 15 is 0 Å². The van der Waals surface area contributed by atoms with Crippen molar-refractivity contribution in [3.05, 3.63) is 12.3 Å². The molecule has 0 bridgehead atoms. The summed E-state index contributed by atoms with van der Waals surface area (Å²) >= 11 is 0. The smallest absolute Gasteiger partial charge is 0.124 e. The fraction of sp³-hybridized carbons (Fsp3) is 0.769. The summed E-state index contributed by atoms with van der Waals surface area (Å²) in [5.41, 5.74) is 0. The molecule has 0 radical (unpaired) electrons. The molecule has 1 N–H and O–H groups in total. The summed E-state index contributed by atoms with van der Waals surface area (Å²) in [6, 6.07) is 2.60. The van der Waals surface area contributed by atoms with Crippen LogP contribution in [0.4, 0.5) is 5.82 Å². The molecule has 1 heterocycles. The highest BCUT2D eigenvalue weighted by molar-refractivity contribution is 5.35. The highest BCUT2D eigenvalue weighted by Gasteiger charge is 2.23. The van der Waals surface area contributed by atoms with Gasteiger partial charge < -0.3 is 5.32 Å². The van der Waals surface area contributed by atoms with Crippen LogP contribution >= 0.6 is 0 Å². The zero-order valence-corrected chi connectivity index (χ0v) is 10.6. The Hall–Kier alpha value is -0.990. The van der Waals surface area contributed by atoms with Crippen LogP contribution in [0, 0.1) is 11.8 Å². The normalized spacial score (nSPS) is 19.4. The molecule has 3 nitrogen and oxygen atoms in total. The Morgan fingerprint density at radius 3 is 2.88 bits per heavy atom. The Morgan fingerprint density at radius 2 is 2.25 bits per heavy atom. The molecule has 2 unspecified atom stereocenters. The van der Waals surface area contributed by atoms with Crippen LogP contribution in [0.1, 0.15) is 40.0 Å². The monoisotopic (exact) mass is 221 g/mol. The van der Waals surface area contributed by atoms with Gasteiger partial charge in [0.1, 0.15) is 5.82 Å². The molecule has 1 fully saturated rings. The quantitative estimate of drug-likeness (QED) is 0.799. The minimum Gasteiger partial charge on any atom is -0.368 e. The first-order chi connectivity index (χ1) is 7.70. The van der Waals surface area contributed by atoms with E-state index in [9.17, 15) is 0 Å². The third-order valence-corrected chi connectivity index (χ3v) is 3.72. The van der Waals surface area contributed by atoms with Gasteiger partial charge >= 0.3 is 0 Å². The summed E-state index contributed by atoms with van der Waals surface area (Å²) in [5, 5.41) is 7.96. The summed E-state index contributed by atoms with van der Waals surface area (Å²) < 4.78 is 2.12. The fourth-order valence-electron chi connectivity index (χ4n) is 1.87. The van der Waals surface area contributed by atoms with E-state index in [1.807, 2.05) is 6.20 Å². The first kappa shape index (κ1) is 11.5. The molecular formula is C13H23N3. The molecule has 0 aliphatic heterocycles. The van der Waals surface area contributed by atoms with Crippen molar-refractivity contribution in [3.8, 4) is 0 Å². The van der Waals surface area contributed by atoms with E-state index in [0.717, 1.165) is 12.5 Å². The second kappa shape index (κ2) is 4.89. The van der Waals surface area contributed by atoms with Crippen molar-refractivity contribution in [1.82, 2.24) is 9.78 Å². The Bertz CT molecular complexity index is 328. The van der Waals surface area contributed by atoms with Crippen LogP contribution in [0.2, 0.25) is 0 Å². The largest absolute Gasteiger partial charge is 0.368 e. The van der Waals surface area contributed by atoms with Crippen molar-refractivity contribution in [2.75, 3.05) is 5.32 Å². The number of hydrogen-bond acceptors (Lipinski definition) is 2. The standard InChI is InChI=1S/C13H23N3/c1-4-10(2)11(3)15-13-7-8-14-16(13)9-12-5-6-12/h7-8,10-12,15H,4-6,9H2,1-3H3. The third-order valence-electron chi connectivity index (χ3n) is 3.72. The van der Waals surface area contributed by atoms with E-state index < -0.39 is 0 Å². The molecule has 3 heteroatoms. The topological polar surface area (TPSA) is 29.9 Å². The van der Waals surface area contributed by atoms with E-state index in [0.29, 0.717) is 12.0 Å². The van der Waals surface area contributed by atoms with Gasteiger partial charge in [-0.25, -0.2) is 4.68 Å². The predicted molar refractivity (Wildman–Crippen MR) is 67.5 cm³/mol. The van der Waals surface area contributed by atoms with Gasteiger partial charge in [-0.1, -0.05) is 20.3 Å². The Morgan fingerprint density at radius 1 is 1.50 bits per heavy atom. The molecule has 0 amide bonds. The second-order valence-corrected chi connectivity index (χ2v) is 5.16. The van der Waals surface area contributed by atoms with Crippen LogP contribution in [0.25, 0.3) is 0 Å². The van der Waals surface area contributed by atoms with Gasteiger partial charge in [0.05, 0.1) is 6.20 Å². The average Bonchev–Trinajstić information content (AvgIpc) is 2.99. The maximum atomic E-state index is 4.39. The minimum atomic E-state index is 0.514. The summed E-state index contributed by atoms with van der Waals surface area (Å²) in [5.74, 6) is 2.75. The highest BCUT2D eigenvalue weighted by Crippen LogP contribution is 2.31. The first-order valence-electron chi connectivity index (χ1n) is 6.49. The maximum Gasteiger partial charge on any atom is 0.124 e. The van der Waals surface area contributed by atoms with Crippen molar-refractivity contribution in [2.45, 2.75) is 52.6 Å². The molecular weight excluding hydrogens is 198 g/mol. The van der Waals surface area contributed by atoms with E-state index in [2.05, 4.69) is 41.9 Å². The summed E-state index contributed by atoms with van der Waals surface area (Å²) in [6.45, 7) is 7.87.